The molecule has 2 heteroatoms. The van der Waals surface area contributed by atoms with Gasteiger partial charge in [-0.2, -0.15) is 0 Å². The third kappa shape index (κ3) is 3.11. The molecule has 0 spiro atoms. The highest BCUT2D eigenvalue weighted by atomic mass is 16.5. The highest BCUT2D eigenvalue weighted by Gasteiger charge is 2.25. The molecule has 1 heterocycles. The van der Waals surface area contributed by atoms with Gasteiger partial charge in [-0.3, -0.25) is 0 Å². The number of rotatable bonds is 6. The van der Waals surface area contributed by atoms with Gasteiger partial charge in [-0.25, -0.2) is 0 Å². The lowest BCUT2D eigenvalue weighted by Crippen LogP contribution is -2.26. The monoisotopic (exact) mass is 281 g/mol. The predicted octanol–water partition coefficient (Wildman–Crippen LogP) is 5.05. The molecule has 110 valence electrons. The summed E-state index contributed by atoms with van der Waals surface area (Å²) < 4.78 is 6.01. The molecule has 0 saturated carbocycles. The number of unbranched alkanes of at least 4 members (excludes halogenated alkanes) is 3. The van der Waals surface area contributed by atoms with Crippen molar-refractivity contribution in [2.75, 3.05) is 6.54 Å². The Kier molecular flexibility index (Phi) is 4.56. The summed E-state index contributed by atoms with van der Waals surface area (Å²) in [5.74, 6) is 1.95. The molecule has 0 atom stereocenters. The maximum absolute atomic E-state index is 6.01. The number of hydrogen-bond donors (Lipinski definition) is 1. The molecule has 0 aliphatic carbocycles. The maximum atomic E-state index is 6.01. The van der Waals surface area contributed by atoms with Crippen LogP contribution in [0.1, 0.15) is 49.8 Å². The number of ether oxygens (including phenoxy) is 1. The minimum Gasteiger partial charge on any atom is -0.457 e. The van der Waals surface area contributed by atoms with Crippen LogP contribution in [0.3, 0.4) is 0 Å². The quantitative estimate of drug-likeness (QED) is 0.748. The lowest BCUT2D eigenvalue weighted by Gasteiger charge is -2.29. The zero-order valence-electron chi connectivity index (χ0n) is 12.6. The summed E-state index contributed by atoms with van der Waals surface area (Å²) in [5.41, 5.74) is 2.48. The van der Waals surface area contributed by atoms with Crippen molar-refractivity contribution in [1.82, 2.24) is 5.32 Å². The van der Waals surface area contributed by atoms with Crippen LogP contribution in [0.15, 0.2) is 48.5 Å². The van der Waals surface area contributed by atoms with Gasteiger partial charge in [0.2, 0.25) is 0 Å². The van der Waals surface area contributed by atoms with Gasteiger partial charge in [0.15, 0.2) is 0 Å². The maximum Gasteiger partial charge on any atom is 0.132 e. The minimum absolute atomic E-state index is 0.243. The molecule has 1 N–H and O–H groups in total. The fourth-order valence-corrected chi connectivity index (χ4v) is 2.93. The first-order valence-electron chi connectivity index (χ1n) is 7.99. The fraction of sp³-hybridized carbons (Fsp3) is 0.368. The number of nitrogens with one attached hydrogen (secondary N) is 1. The Labute approximate surface area is 127 Å². The van der Waals surface area contributed by atoms with Crippen LogP contribution < -0.4 is 10.1 Å². The molecule has 2 nitrogen and oxygen atoms in total. The van der Waals surface area contributed by atoms with Gasteiger partial charge in [0, 0.05) is 11.1 Å². The van der Waals surface area contributed by atoms with Crippen LogP contribution in [0.25, 0.3) is 0 Å². The van der Waals surface area contributed by atoms with Crippen LogP contribution in [0, 0.1) is 0 Å². The average molecular weight is 281 g/mol. The molecule has 21 heavy (non-hydrogen) atoms. The van der Waals surface area contributed by atoms with E-state index in [4.69, 9.17) is 4.74 Å². The first-order chi connectivity index (χ1) is 10.4. The highest BCUT2D eigenvalue weighted by molar-refractivity contribution is 5.52. The first-order valence-corrected chi connectivity index (χ1v) is 7.99. The van der Waals surface area contributed by atoms with E-state index in [1.165, 1.54) is 36.8 Å². The zero-order chi connectivity index (χ0) is 14.5. The summed E-state index contributed by atoms with van der Waals surface area (Å²) >= 11 is 0. The molecule has 0 fully saturated rings. The van der Waals surface area contributed by atoms with Crippen LogP contribution in [0.5, 0.6) is 11.5 Å². The molecule has 2 aromatic carbocycles. The zero-order valence-corrected chi connectivity index (χ0v) is 12.6. The molecule has 0 bridgehead atoms. The molecular formula is C19H23NO. The largest absolute Gasteiger partial charge is 0.457 e. The van der Waals surface area contributed by atoms with Crippen molar-refractivity contribution < 1.29 is 4.74 Å². The Morgan fingerprint density at radius 3 is 2.10 bits per heavy atom. The van der Waals surface area contributed by atoms with Crippen molar-refractivity contribution in [3.05, 3.63) is 59.7 Å². The second-order valence-corrected chi connectivity index (χ2v) is 5.63. The van der Waals surface area contributed by atoms with E-state index < -0.39 is 0 Å². The van der Waals surface area contributed by atoms with Crippen molar-refractivity contribution in [3.63, 3.8) is 0 Å². The van der Waals surface area contributed by atoms with Gasteiger partial charge in [0.25, 0.3) is 0 Å². The van der Waals surface area contributed by atoms with Crippen LogP contribution in [-0.2, 0) is 0 Å². The topological polar surface area (TPSA) is 21.3 Å². The Hall–Kier alpha value is -1.80. The third-order valence-corrected chi connectivity index (χ3v) is 4.06. The molecule has 0 amide bonds. The molecule has 1 aliphatic heterocycles. The predicted molar refractivity (Wildman–Crippen MR) is 86.9 cm³/mol. The average Bonchev–Trinajstić information content (AvgIpc) is 2.53. The second-order valence-electron chi connectivity index (χ2n) is 5.63. The molecule has 3 rings (SSSR count). The van der Waals surface area contributed by atoms with E-state index >= 15 is 0 Å². The summed E-state index contributed by atoms with van der Waals surface area (Å²) in [6.07, 6.45) is 5.14. The molecule has 0 radical (unpaired) electrons. The summed E-state index contributed by atoms with van der Waals surface area (Å²) in [4.78, 5) is 0. The Morgan fingerprint density at radius 1 is 0.857 bits per heavy atom. The van der Waals surface area contributed by atoms with E-state index in [-0.39, 0.29) is 6.04 Å². The van der Waals surface area contributed by atoms with Gasteiger partial charge < -0.3 is 10.1 Å². The van der Waals surface area contributed by atoms with Crippen molar-refractivity contribution in [2.24, 2.45) is 0 Å². The normalized spacial score (nSPS) is 13.4. The third-order valence-electron chi connectivity index (χ3n) is 4.06. The van der Waals surface area contributed by atoms with E-state index in [0.717, 1.165) is 18.0 Å². The van der Waals surface area contributed by atoms with E-state index in [1.807, 2.05) is 12.1 Å². The lowest BCUT2D eigenvalue weighted by atomic mass is 9.94. The van der Waals surface area contributed by atoms with E-state index in [9.17, 15) is 0 Å². The number of benzene rings is 2. The van der Waals surface area contributed by atoms with Crippen molar-refractivity contribution in [3.8, 4) is 11.5 Å². The second kappa shape index (κ2) is 6.77. The van der Waals surface area contributed by atoms with Crippen LogP contribution in [-0.4, -0.2) is 6.54 Å². The molecule has 2 aromatic rings. The Bertz CT molecular complexity index is 548. The smallest absolute Gasteiger partial charge is 0.132 e. The number of fused-ring (bicyclic) bond motifs is 2. The highest BCUT2D eigenvalue weighted by Crippen LogP contribution is 2.42. The Morgan fingerprint density at radius 2 is 1.48 bits per heavy atom. The Balaban J connectivity index is 1.78. The van der Waals surface area contributed by atoms with Crippen molar-refractivity contribution in [1.29, 1.82) is 0 Å². The van der Waals surface area contributed by atoms with E-state index in [1.54, 1.807) is 0 Å². The first kappa shape index (κ1) is 14.2. The number of hydrogen-bond acceptors (Lipinski definition) is 2. The standard InChI is InChI=1S/C19H23NO/c1-2-3-4-9-14-20-19-15-10-5-7-12-17(15)21-18-13-8-6-11-16(18)19/h5-8,10-13,19-20H,2-4,9,14H2,1H3. The van der Waals surface area contributed by atoms with Crippen molar-refractivity contribution in [2.45, 2.75) is 38.6 Å². The summed E-state index contributed by atoms with van der Waals surface area (Å²) in [6, 6.07) is 16.9. The SMILES string of the molecule is CCCCCCNC1c2ccccc2Oc2ccccc21. The van der Waals surface area contributed by atoms with Gasteiger partial charge in [-0.05, 0) is 25.1 Å². The summed E-state index contributed by atoms with van der Waals surface area (Å²) in [7, 11) is 0. The fourth-order valence-electron chi connectivity index (χ4n) is 2.93. The van der Waals surface area contributed by atoms with Gasteiger partial charge in [-0.1, -0.05) is 62.6 Å². The van der Waals surface area contributed by atoms with Gasteiger partial charge >= 0.3 is 0 Å². The van der Waals surface area contributed by atoms with Crippen LogP contribution in [0.2, 0.25) is 0 Å². The van der Waals surface area contributed by atoms with Crippen LogP contribution in [0.4, 0.5) is 0 Å². The van der Waals surface area contributed by atoms with Crippen molar-refractivity contribution >= 4 is 0 Å². The minimum atomic E-state index is 0.243. The van der Waals surface area contributed by atoms with E-state index in [0.29, 0.717) is 0 Å². The van der Waals surface area contributed by atoms with Gasteiger partial charge in [0.1, 0.15) is 11.5 Å². The molecule has 0 unspecified atom stereocenters. The molecule has 0 saturated heterocycles. The van der Waals surface area contributed by atoms with Crippen LogP contribution >= 0.6 is 0 Å². The van der Waals surface area contributed by atoms with E-state index in [2.05, 4.69) is 48.6 Å². The molecule has 1 aliphatic rings. The molecular weight excluding hydrogens is 258 g/mol. The molecule has 0 aromatic heterocycles. The summed E-state index contributed by atoms with van der Waals surface area (Å²) in [5, 5.41) is 3.71. The van der Waals surface area contributed by atoms with Gasteiger partial charge in [-0.15, -0.1) is 0 Å². The summed E-state index contributed by atoms with van der Waals surface area (Å²) in [6.45, 7) is 3.30. The lowest BCUT2D eigenvalue weighted by molar-refractivity contribution is 0.425. The van der Waals surface area contributed by atoms with Gasteiger partial charge in [0.05, 0.1) is 6.04 Å². The number of para-hydroxylation sites is 2.